The zero-order valence-corrected chi connectivity index (χ0v) is 16.1. The fourth-order valence-electron chi connectivity index (χ4n) is 3.60. The molecule has 3 aromatic rings. The summed E-state index contributed by atoms with van der Waals surface area (Å²) in [6.45, 7) is 3.13. The molecule has 27 heavy (non-hydrogen) atoms. The molecule has 1 aromatic carbocycles. The molecule has 1 atom stereocenters. The van der Waals surface area contributed by atoms with Gasteiger partial charge in [0.15, 0.2) is 5.82 Å². The van der Waals surface area contributed by atoms with E-state index in [1.165, 1.54) is 5.56 Å². The van der Waals surface area contributed by atoms with Crippen molar-refractivity contribution in [1.82, 2.24) is 20.2 Å². The van der Waals surface area contributed by atoms with Crippen molar-refractivity contribution in [2.24, 2.45) is 0 Å². The minimum Gasteiger partial charge on any atom is -0.349 e. The minimum absolute atomic E-state index is 0.312. The summed E-state index contributed by atoms with van der Waals surface area (Å²) in [7, 11) is 0. The van der Waals surface area contributed by atoms with Crippen LogP contribution in [0.25, 0.3) is 0 Å². The summed E-state index contributed by atoms with van der Waals surface area (Å²) in [4.78, 5) is 11.2. The highest BCUT2D eigenvalue weighted by atomic mass is 35.5. The van der Waals surface area contributed by atoms with Crippen molar-refractivity contribution in [2.45, 2.75) is 38.6 Å². The van der Waals surface area contributed by atoms with E-state index in [0.29, 0.717) is 6.04 Å². The summed E-state index contributed by atoms with van der Waals surface area (Å²) in [5.41, 5.74) is 2.39. The third-order valence-electron chi connectivity index (χ3n) is 4.86. The molecule has 1 aliphatic rings. The quantitative estimate of drug-likeness (QED) is 0.635. The lowest BCUT2D eigenvalue weighted by molar-refractivity contribution is 0.711. The zero-order valence-electron chi connectivity index (χ0n) is 15.3. The van der Waals surface area contributed by atoms with Crippen LogP contribution in [-0.2, 0) is 6.42 Å². The number of hydrogen-bond donors (Lipinski definition) is 2. The number of aromatic nitrogens is 4. The normalized spacial score (nSPS) is 16.7. The zero-order chi connectivity index (χ0) is 18.6. The Morgan fingerprint density at radius 1 is 1.19 bits per heavy atom. The van der Waals surface area contributed by atoms with Crippen molar-refractivity contribution in [3.05, 3.63) is 59.0 Å². The maximum Gasteiger partial charge on any atom is 0.153 e. The van der Waals surface area contributed by atoms with Crippen LogP contribution in [0.2, 0.25) is 5.02 Å². The van der Waals surface area contributed by atoms with Gasteiger partial charge in [0.1, 0.15) is 18.0 Å². The number of benzene rings is 1. The second-order valence-electron chi connectivity index (χ2n) is 6.82. The maximum absolute atomic E-state index is 6.04. The first-order chi connectivity index (χ1) is 13.2. The van der Waals surface area contributed by atoms with Gasteiger partial charge in [-0.2, -0.15) is 5.10 Å². The Balaban J connectivity index is 1.53. The van der Waals surface area contributed by atoms with Gasteiger partial charge in [-0.25, -0.2) is 9.97 Å². The highest BCUT2D eigenvalue weighted by Crippen LogP contribution is 2.36. The minimum atomic E-state index is 0.312. The molecule has 6 nitrogen and oxygen atoms in total. The van der Waals surface area contributed by atoms with Crippen LogP contribution in [0.3, 0.4) is 0 Å². The Hall–Kier alpha value is -2.60. The van der Waals surface area contributed by atoms with Gasteiger partial charge in [0.2, 0.25) is 0 Å². The van der Waals surface area contributed by atoms with E-state index in [1.54, 1.807) is 6.33 Å². The first-order valence-corrected chi connectivity index (χ1v) is 9.76. The van der Waals surface area contributed by atoms with E-state index in [-0.39, 0.29) is 0 Å². The Labute approximate surface area is 164 Å². The Bertz CT molecular complexity index is 891. The summed E-state index contributed by atoms with van der Waals surface area (Å²) in [5, 5.41) is 11.4. The maximum atomic E-state index is 6.04. The molecule has 4 rings (SSSR count). The van der Waals surface area contributed by atoms with Crippen LogP contribution >= 0.6 is 11.6 Å². The van der Waals surface area contributed by atoms with Gasteiger partial charge in [-0.05, 0) is 37.0 Å². The van der Waals surface area contributed by atoms with E-state index in [1.807, 2.05) is 24.3 Å². The molecule has 0 aliphatic carbocycles. The first kappa shape index (κ1) is 17.8. The number of aromatic amines is 1. The van der Waals surface area contributed by atoms with Crippen LogP contribution < -0.4 is 10.2 Å². The third kappa shape index (κ3) is 4.06. The largest absolute Gasteiger partial charge is 0.349 e. The van der Waals surface area contributed by atoms with Crippen LogP contribution in [-0.4, -0.2) is 26.7 Å². The summed E-state index contributed by atoms with van der Waals surface area (Å²) >= 11 is 6.04. The first-order valence-electron chi connectivity index (χ1n) is 9.38. The summed E-state index contributed by atoms with van der Waals surface area (Å²) < 4.78 is 0. The van der Waals surface area contributed by atoms with Gasteiger partial charge < -0.3 is 10.2 Å². The van der Waals surface area contributed by atoms with Crippen molar-refractivity contribution in [3.8, 4) is 0 Å². The number of aryl methyl sites for hydroxylation is 1. The van der Waals surface area contributed by atoms with E-state index in [0.717, 1.165) is 60.4 Å². The van der Waals surface area contributed by atoms with Gasteiger partial charge >= 0.3 is 0 Å². The lowest BCUT2D eigenvalue weighted by atomic mass is 10.0. The molecule has 140 valence electrons. The van der Waals surface area contributed by atoms with Crippen LogP contribution in [0.5, 0.6) is 0 Å². The number of nitrogens with zero attached hydrogens (tertiary/aromatic N) is 4. The average Bonchev–Trinajstić information content (AvgIpc) is 3.33. The molecule has 3 heterocycles. The van der Waals surface area contributed by atoms with Crippen LogP contribution in [0.1, 0.15) is 43.5 Å². The Kier molecular flexibility index (Phi) is 5.25. The molecule has 7 heteroatoms. The summed E-state index contributed by atoms with van der Waals surface area (Å²) in [6.07, 6.45) is 5.92. The van der Waals surface area contributed by atoms with E-state index in [4.69, 9.17) is 11.6 Å². The van der Waals surface area contributed by atoms with E-state index >= 15 is 0 Å². The highest BCUT2D eigenvalue weighted by molar-refractivity contribution is 6.30. The molecule has 2 N–H and O–H groups in total. The number of rotatable bonds is 6. The van der Waals surface area contributed by atoms with Crippen LogP contribution in [0.15, 0.2) is 42.7 Å². The van der Waals surface area contributed by atoms with Crippen molar-refractivity contribution in [3.63, 3.8) is 0 Å². The molecule has 1 fully saturated rings. The summed E-state index contributed by atoms with van der Waals surface area (Å²) in [6, 6.07) is 12.4. The molecule has 1 saturated heterocycles. The lowest BCUT2D eigenvalue weighted by Crippen LogP contribution is -2.23. The van der Waals surface area contributed by atoms with Crippen molar-refractivity contribution in [1.29, 1.82) is 0 Å². The Morgan fingerprint density at radius 2 is 2.04 bits per heavy atom. The van der Waals surface area contributed by atoms with Gasteiger partial charge in [-0.1, -0.05) is 37.1 Å². The van der Waals surface area contributed by atoms with Gasteiger partial charge in [0.05, 0.1) is 6.04 Å². The predicted octanol–water partition coefficient (Wildman–Crippen LogP) is 4.89. The highest BCUT2D eigenvalue weighted by Gasteiger charge is 2.27. The predicted molar refractivity (Wildman–Crippen MR) is 109 cm³/mol. The van der Waals surface area contributed by atoms with Gasteiger partial charge in [-0.15, -0.1) is 0 Å². The molecular formula is C20H23ClN6. The monoisotopic (exact) mass is 382 g/mol. The standard InChI is InChI=1S/C20H23ClN6/c1-2-4-16-11-19(26-25-16)24-18-12-20(23-13-22-18)27-10-3-5-17(27)14-6-8-15(21)9-7-14/h6-9,11-13,17H,2-5,10H2,1H3,(H2,22,23,24,25,26). The molecule has 2 aromatic heterocycles. The molecule has 0 saturated carbocycles. The molecule has 0 radical (unpaired) electrons. The van der Waals surface area contributed by atoms with Gasteiger partial charge in [-0.3, -0.25) is 5.10 Å². The average molecular weight is 383 g/mol. The molecule has 0 amide bonds. The molecule has 1 unspecified atom stereocenters. The SMILES string of the molecule is CCCc1cc(Nc2cc(N3CCCC3c3ccc(Cl)cc3)ncn2)n[nH]1. The number of anilines is 3. The third-order valence-corrected chi connectivity index (χ3v) is 5.11. The van der Waals surface area contributed by atoms with E-state index < -0.39 is 0 Å². The summed E-state index contributed by atoms with van der Waals surface area (Å²) in [5.74, 6) is 2.45. The second kappa shape index (κ2) is 7.96. The fourth-order valence-corrected chi connectivity index (χ4v) is 3.73. The number of nitrogens with one attached hydrogen (secondary N) is 2. The van der Waals surface area contributed by atoms with Gasteiger partial charge in [0, 0.05) is 29.4 Å². The van der Waals surface area contributed by atoms with Gasteiger partial charge in [0.25, 0.3) is 0 Å². The van der Waals surface area contributed by atoms with Crippen molar-refractivity contribution < 1.29 is 0 Å². The number of hydrogen-bond acceptors (Lipinski definition) is 5. The van der Waals surface area contributed by atoms with E-state index in [9.17, 15) is 0 Å². The topological polar surface area (TPSA) is 69.7 Å². The van der Waals surface area contributed by atoms with Crippen molar-refractivity contribution in [2.75, 3.05) is 16.8 Å². The fraction of sp³-hybridized carbons (Fsp3) is 0.350. The Morgan fingerprint density at radius 3 is 2.85 bits per heavy atom. The number of H-pyrrole nitrogens is 1. The van der Waals surface area contributed by atoms with E-state index in [2.05, 4.69) is 49.4 Å². The molecule has 0 spiro atoms. The number of halogens is 1. The molecule has 0 bridgehead atoms. The lowest BCUT2D eigenvalue weighted by Gasteiger charge is -2.26. The van der Waals surface area contributed by atoms with Crippen molar-refractivity contribution >= 4 is 29.1 Å². The van der Waals surface area contributed by atoms with Crippen LogP contribution in [0, 0.1) is 0 Å². The second-order valence-corrected chi connectivity index (χ2v) is 7.25. The molecular weight excluding hydrogens is 360 g/mol. The molecule has 1 aliphatic heterocycles. The smallest absolute Gasteiger partial charge is 0.153 e. The van der Waals surface area contributed by atoms with Crippen LogP contribution in [0.4, 0.5) is 17.5 Å².